The van der Waals surface area contributed by atoms with Crippen molar-refractivity contribution < 1.29 is 18.9 Å². The second kappa shape index (κ2) is 7.91. The average molecular weight is 370 g/mol. The number of benzene rings is 2. The molecule has 4 heteroatoms. The zero-order valence-electron chi connectivity index (χ0n) is 17.2. The van der Waals surface area contributed by atoms with Crippen molar-refractivity contribution in [3.63, 3.8) is 0 Å². The van der Waals surface area contributed by atoms with Crippen LogP contribution in [0.25, 0.3) is 0 Å². The molecule has 0 aliphatic carbocycles. The van der Waals surface area contributed by atoms with Crippen molar-refractivity contribution in [2.24, 2.45) is 0 Å². The van der Waals surface area contributed by atoms with Crippen LogP contribution in [0.5, 0.6) is 11.5 Å². The summed E-state index contributed by atoms with van der Waals surface area (Å²) in [6.45, 7) is 8.94. The summed E-state index contributed by atoms with van der Waals surface area (Å²) in [5, 5.41) is 0. The van der Waals surface area contributed by atoms with Gasteiger partial charge in [0.1, 0.15) is 18.1 Å². The summed E-state index contributed by atoms with van der Waals surface area (Å²) in [5.41, 5.74) is 5.29. The minimum Gasteiger partial charge on any atom is -0.488 e. The molecule has 2 aromatic carbocycles. The zero-order valence-corrected chi connectivity index (χ0v) is 17.2. The first-order valence-electron chi connectivity index (χ1n) is 9.45. The van der Waals surface area contributed by atoms with Gasteiger partial charge in [0.15, 0.2) is 11.9 Å². The number of fused-ring (bicyclic) bond motifs is 1. The molecule has 0 spiro atoms. The van der Waals surface area contributed by atoms with Crippen LogP contribution in [0.4, 0.5) is 0 Å². The smallest absolute Gasteiger partial charge is 0.196 e. The van der Waals surface area contributed by atoms with E-state index in [-0.39, 0.29) is 0 Å². The lowest BCUT2D eigenvalue weighted by Crippen LogP contribution is -2.49. The fourth-order valence-electron chi connectivity index (χ4n) is 3.96. The lowest BCUT2D eigenvalue weighted by Gasteiger charge is -2.41. The molecular formula is C23H30O4. The van der Waals surface area contributed by atoms with Crippen molar-refractivity contribution in [2.75, 3.05) is 14.2 Å². The normalized spacial score (nSPS) is 18.9. The molecule has 0 saturated heterocycles. The molecule has 2 aromatic rings. The third-order valence-corrected chi connectivity index (χ3v) is 5.67. The number of rotatable bonds is 6. The number of hydrogen-bond acceptors (Lipinski definition) is 4. The first-order chi connectivity index (χ1) is 12.9. The Hall–Kier alpha value is -2.04. The van der Waals surface area contributed by atoms with E-state index in [1.807, 2.05) is 18.2 Å². The van der Waals surface area contributed by atoms with Gasteiger partial charge in [-0.3, -0.25) is 0 Å². The van der Waals surface area contributed by atoms with E-state index in [1.54, 1.807) is 14.2 Å². The second-order valence-corrected chi connectivity index (χ2v) is 7.50. The largest absolute Gasteiger partial charge is 0.488 e. The molecule has 0 bridgehead atoms. The van der Waals surface area contributed by atoms with Crippen molar-refractivity contribution in [1.29, 1.82) is 0 Å². The molecule has 0 aromatic heterocycles. The monoisotopic (exact) mass is 370 g/mol. The maximum atomic E-state index is 6.47. The van der Waals surface area contributed by atoms with Gasteiger partial charge in [-0.05, 0) is 62.8 Å². The van der Waals surface area contributed by atoms with Crippen LogP contribution < -0.4 is 9.47 Å². The summed E-state index contributed by atoms with van der Waals surface area (Å²) >= 11 is 0. The maximum Gasteiger partial charge on any atom is 0.196 e. The predicted octanol–water partition coefficient (Wildman–Crippen LogP) is 4.89. The fourth-order valence-corrected chi connectivity index (χ4v) is 3.96. The van der Waals surface area contributed by atoms with Crippen LogP contribution in [-0.2, 0) is 22.5 Å². The molecule has 27 heavy (non-hydrogen) atoms. The first-order valence-corrected chi connectivity index (χ1v) is 9.45. The summed E-state index contributed by atoms with van der Waals surface area (Å²) in [4.78, 5) is 0. The van der Waals surface area contributed by atoms with Gasteiger partial charge >= 0.3 is 0 Å². The highest BCUT2D eigenvalue weighted by molar-refractivity contribution is 5.59. The van der Waals surface area contributed by atoms with Gasteiger partial charge in [0.05, 0.1) is 0 Å². The van der Waals surface area contributed by atoms with Crippen molar-refractivity contribution in [3.05, 3.63) is 58.1 Å². The Morgan fingerprint density at radius 1 is 1.00 bits per heavy atom. The first kappa shape index (κ1) is 19.7. The summed E-state index contributed by atoms with van der Waals surface area (Å²) in [6, 6.07) is 10.3. The van der Waals surface area contributed by atoms with E-state index in [0.717, 1.165) is 41.0 Å². The van der Waals surface area contributed by atoms with Crippen LogP contribution in [0.2, 0.25) is 0 Å². The Kier molecular flexibility index (Phi) is 5.78. The third kappa shape index (κ3) is 3.69. The minimum atomic E-state index is -0.507. The van der Waals surface area contributed by atoms with Gasteiger partial charge in [-0.2, -0.15) is 0 Å². The molecule has 0 N–H and O–H groups in total. The lowest BCUT2D eigenvalue weighted by molar-refractivity contribution is -0.202. The Bertz CT molecular complexity index is 796. The number of ether oxygens (including phenoxy) is 4. The van der Waals surface area contributed by atoms with Gasteiger partial charge in [-0.1, -0.05) is 30.3 Å². The quantitative estimate of drug-likeness (QED) is 0.678. The highest BCUT2D eigenvalue weighted by Crippen LogP contribution is 2.45. The molecule has 4 nitrogen and oxygen atoms in total. The van der Waals surface area contributed by atoms with E-state index in [9.17, 15) is 0 Å². The van der Waals surface area contributed by atoms with Crippen molar-refractivity contribution in [2.45, 2.75) is 59.0 Å². The molecule has 1 unspecified atom stereocenters. The molecular weight excluding hydrogens is 340 g/mol. The highest BCUT2D eigenvalue weighted by atomic mass is 16.7. The van der Waals surface area contributed by atoms with Gasteiger partial charge in [-0.25, -0.2) is 0 Å². The Labute approximate surface area is 162 Å². The summed E-state index contributed by atoms with van der Waals surface area (Å²) < 4.78 is 23.7. The van der Waals surface area contributed by atoms with E-state index in [1.165, 1.54) is 11.1 Å². The van der Waals surface area contributed by atoms with Gasteiger partial charge in [-0.15, -0.1) is 0 Å². The molecule has 1 aliphatic rings. The fraction of sp³-hybridized carbons (Fsp3) is 0.478. The molecule has 1 heterocycles. The molecule has 1 atom stereocenters. The van der Waals surface area contributed by atoms with E-state index in [0.29, 0.717) is 6.61 Å². The molecule has 0 saturated carbocycles. The SMILES string of the molecule is COC(OC)C1(C)CCc2c(C)c(OCc3ccccc3)c(C)c(C)c2O1. The summed E-state index contributed by atoms with van der Waals surface area (Å²) in [7, 11) is 3.31. The minimum absolute atomic E-state index is 0.403. The van der Waals surface area contributed by atoms with E-state index in [4.69, 9.17) is 18.9 Å². The van der Waals surface area contributed by atoms with Crippen molar-refractivity contribution >= 4 is 0 Å². The maximum absolute atomic E-state index is 6.47. The molecule has 0 radical (unpaired) electrons. The predicted molar refractivity (Wildman–Crippen MR) is 107 cm³/mol. The Morgan fingerprint density at radius 3 is 2.30 bits per heavy atom. The molecule has 0 fully saturated rings. The van der Waals surface area contributed by atoms with Crippen molar-refractivity contribution in [3.8, 4) is 11.5 Å². The summed E-state index contributed by atoms with van der Waals surface area (Å²) in [6.07, 6.45) is 1.33. The average Bonchev–Trinajstić information content (AvgIpc) is 2.67. The van der Waals surface area contributed by atoms with Crippen LogP contribution in [0.3, 0.4) is 0 Å². The Morgan fingerprint density at radius 2 is 1.67 bits per heavy atom. The van der Waals surface area contributed by atoms with Gasteiger partial charge in [0.25, 0.3) is 0 Å². The van der Waals surface area contributed by atoms with Crippen LogP contribution in [0, 0.1) is 20.8 Å². The zero-order chi connectivity index (χ0) is 19.6. The molecule has 0 amide bonds. The Balaban J connectivity index is 1.92. The van der Waals surface area contributed by atoms with Crippen LogP contribution >= 0.6 is 0 Å². The number of hydrogen-bond donors (Lipinski definition) is 0. The molecule has 146 valence electrons. The van der Waals surface area contributed by atoms with Crippen LogP contribution in [-0.4, -0.2) is 26.1 Å². The van der Waals surface area contributed by atoms with Crippen LogP contribution in [0.15, 0.2) is 30.3 Å². The topological polar surface area (TPSA) is 36.9 Å². The van der Waals surface area contributed by atoms with E-state index >= 15 is 0 Å². The van der Waals surface area contributed by atoms with Crippen LogP contribution in [0.1, 0.15) is 41.2 Å². The van der Waals surface area contributed by atoms with Gasteiger partial charge < -0.3 is 18.9 Å². The summed E-state index contributed by atoms with van der Waals surface area (Å²) in [5.74, 6) is 1.92. The standard InChI is InChI=1S/C23H30O4/c1-15-16(2)21-19(12-13-23(4,27-21)22(24-5)25-6)17(3)20(15)26-14-18-10-8-7-9-11-18/h7-11,22H,12-14H2,1-6H3. The number of methoxy groups -OCH3 is 2. The van der Waals surface area contributed by atoms with Gasteiger partial charge in [0, 0.05) is 19.8 Å². The third-order valence-electron chi connectivity index (χ3n) is 5.67. The molecule has 1 aliphatic heterocycles. The van der Waals surface area contributed by atoms with Gasteiger partial charge in [0.2, 0.25) is 0 Å². The van der Waals surface area contributed by atoms with E-state index in [2.05, 4.69) is 39.8 Å². The second-order valence-electron chi connectivity index (χ2n) is 7.50. The lowest BCUT2D eigenvalue weighted by atomic mass is 9.86. The molecule has 3 rings (SSSR count). The van der Waals surface area contributed by atoms with E-state index < -0.39 is 11.9 Å². The van der Waals surface area contributed by atoms with Crippen molar-refractivity contribution in [1.82, 2.24) is 0 Å². The highest BCUT2D eigenvalue weighted by Gasteiger charge is 2.42.